The standard InChI is InChI=1S/C13H17ClN2O3/c1-13(2,3)19-11(17)5-7-18-6-4-10-8-15-12(14)16-9-10/h4,6,8-9H,5,7H2,1-3H3/b6-4+. The van der Waals surface area contributed by atoms with Gasteiger partial charge in [-0.2, -0.15) is 0 Å². The zero-order chi connectivity index (χ0) is 14.3. The largest absolute Gasteiger partial charge is 0.501 e. The van der Waals surface area contributed by atoms with Crippen LogP contribution in [0.2, 0.25) is 5.28 Å². The molecule has 0 aliphatic rings. The molecule has 0 bridgehead atoms. The van der Waals surface area contributed by atoms with Gasteiger partial charge in [-0.25, -0.2) is 9.97 Å². The minimum atomic E-state index is -0.465. The lowest BCUT2D eigenvalue weighted by atomic mass is 10.2. The summed E-state index contributed by atoms with van der Waals surface area (Å²) in [4.78, 5) is 19.0. The number of carbonyl (C=O) groups is 1. The number of aromatic nitrogens is 2. The summed E-state index contributed by atoms with van der Waals surface area (Å²) in [5.41, 5.74) is 0.301. The molecule has 0 amide bonds. The molecule has 104 valence electrons. The second-order valence-corrected chi connectivity index (χ2v) is 5.13. The maximum Gasteiger partial charge on any atom is 0.309 e. The van der Waals surface area contributed by atoms with Gasteiger partial charge in [0.15, 0.2) is 0 Å². The number of ether oxygens (including phenoxy) is 2. The molecule has 0 radical (unpaired) electrons. The molecule has 0 saturated carbocycles. The maximum absolute atomic E-state index is 11.4. The topological polar surface area (TPSA) is 61.3 Å². The van der Waals surface area contributed by atoms with Crippen LogP contribution in [0.4, 0.5) is 0 Å². The summed E-state index contributed by atoms with van der Waals surface area (Å²) in [6.45, 7) is 5.74. The Balaban J connectivity index is 2.24. The third kappa shape index (κ3) is 7.41. The molecule has 1 aromatic rings. The van der Waals surface area contributed by atoms with Gasteiger partial charge in [0.2, 0.25) is 5.28 Å². The van der Waals surface area contributed by atoms with Crippen molar-refractivity contribution in [3.8, 4) is 0 Å². The molecule has 0 aliphatic heterocycles. The zero-order valence-electron chi connectivity index (χ0n) is 11.2. The molecule has 19 heavy (non-hydrogen) atoms. The maximum atomic E-state index is 11.4. The van der Waals surface area contributed by atoms with Crippen LogP contribution in [0.25, 0.3) is 6.08 Å². The summed E-state index contributed by atoms with van der Waals surface area (Å²) in [5.74, 6) is -0.282. The number of hydrogen-bond donors (Lipinski definition) is 0. The second kappa shape index (κ2) is 7.09. The van der Waals surface area contributed by atoms with Crippen LogP contribution in [0.15, 0.2) is 18.7 Å². The van der Waals surface area contributed by atoms with Crippen LogP contribution in [0.3, 0.4) is 0 Å². The van der Waals surface area contributed by atoms with Gasteiger partial charge < -0.3 is 9.47 Å². The van der Waals surface area contributed by atoms with E-state index in [9.17, 15) is 4.79 Å². The highest BCUT2D eigenvalue weighted by Gasteiger charge is 2.15. The first-order chi connectivity index (χ1) is 8.87. The number of carbonyl (C=O) groups excluding carboxylic acids is 1. The molecule has 1 aromatic heterocycles. The van der Waals surface area contributed by atoms with Gasteiger partial charge in [-0.15, -0.1) is 0 Å². The number of rotatable bonds is 5. The van der Waals surface area contributed by atoms with Crippen molar-refractivity contribution in [2.45, 2.75) is 32.8 Å². The van der Waals surface area contributed by atoms with Gasteiger partial charge in [0.05, 0.1) is 19.3 Å². The predicted octanol–water partition coefficient (Wildman–Crippen LogP) is 2.85. The molecule has 0 unspecified atom stereocenters. The predicted molar refractivity (Wildman–Crippen MR) is 72.5 cm³/mol. The molecule has 0 fully saturated rings. The fourth-order valence-electron chi connectivity index (χ4n) is 1.14. The molecule has 0 saturated heterocycles. The van der Waals surface area contributed by atoms with E-state index in [0.29, 0.717) is 0 Å². The monoisotopic (exact) mass is 284 g/mol. The van der Waals surface area contributed by atoms with Gasteiger partial charge >= 0.3 is 5.97 Å². The Morgan fingerprint density at radius 2 is 2.00 bits per heavy atom. The summed E-state index contributed by atoms with van der Waals surface area (Å²) in [7, 11) is 0. The van der Waals surface area contributed by atoms with E-state index in [4.69, 9.17) is 21.1 Å². The first kappa shape index (κ1) is 15.4. The summed E-state index contributed by atoms with van der Waals surface area (Å²) in [5, 5.41) is 0.197. The van der Waals surface area contributed by atoms with E-state index >= 15 is 0 Å². The Labute approximate surface area is 117 Å². The van der Waals surface area contributed by atoms with Gasteiger partial charge in [-0.1, -0.05) is 0 Å². The van der Waals surface area contributed by atoms with Crippen molar-refractivity contribution in [1.82, 2.24) is 9.97 Å². The summed E-state index contributed by atoms with van der Waals surface area (Å²) in [6.07, 6.45) is 6.52. The Morgan fingerprint density at radius 3 is 2.58 bits per heavy atom. The minimum absolute atomic E-state index is 0.197. The fourth-order valence-corrected chi connectivity index (χ4v) is 1.24. The van der Waals surface area contributed by atoms with Crippen molar-refractivity contribution in [3.63, 3.8) is 0 Å². The average Bonchev–Trinajstić information content (AvgIpc) is 2.29. The molecular formula is C13H17ClN2O3. The van der Waals surface area contributed by atoms with Crippen molar-refractivity contribution in [2.75, 3.05) is 6.61 Å². The van der Waals surface area contributed by atoms with E-state index in [2.05, 4.69) is 9.97 Å². The molecular weight excluding hydrogens is 268 g/mol. The van der Waals surface area contributed by atoms with Crippen LogP contribution in [0, 0.1) is 0 Å². The van der Waals surface area contributed by atoms with E-state index in [0.717, 1.165) is 5.56 Å². The first-order valence-corrected chi connectivity index (χ1v) is 6.22. The highest BCUT2D eigenvalue weighted by atomic mass is 35.5. The van der Waals surface area contributed by atoms with Gasteiger partial charge in [-0.3, -0.25) is 4.79 Å². The van der Waals surface area contributed by atoms with Crippen LogP contribution in [-0.2, 0) is 14.3 Å². The quantitative estimate of drug-likeness (QED) is 0.360. The summed E-state index contributed by atoms with van der Waals surface area (Å²) < 4.78 is 10.3. The molecule has 0 aliphatic carbocycles. The first-order valence-electron chi connectivity index (χ1n) is 5.84. The lowest BCUT2D eigenvalue weighted by molar-refractivity contribution is -0.155. The summed E-state index contributed by atoms with van der Waals surface area (Å²) >= 11 is 5.55. The van der Waals surface area contributed by atoms with E-state index in [1.165, 1.54) is 6.26 Å². The third-order valence-corrected chi connectivity index (χ3v) is 2.04. The average molecular weight is 285 g/mol. The van der Waals surface area contributed by atoms with Crippen LogP contribution in [0.1, 0.15) is 32.8 Å². The van der Waals surface area contributed by atoms with Crippen molar-refractivity contribution in [2.24, 2.45) is 0 Å². The summed E-state index contributed by atoms with van der Waals surface area (Å²) in [6, 6.07) is 0. The van der Waals surface area contributed by atoms with E-state index in [-0.39, 0.29) is 24.3 Å². The molecule has 0 N–H and O–H groups in total. The SMILES string of the molecule is CC(C)(C)OC(=O)CCO/C=C/c1cnc(Cl)nc1. The van der Waals surface area contributed by atoms with E-state index < -0.39 is 5.60 Å². The molecule has 1 heterocycles. The molecule has 0 atom stereocenters. The molecule has 0 spiro atoms. The normalized spacial score (nSPS) is 11.6. The van der Waals surface area contributed by atoms with Crippen LogP contribution < -0.4 is 0 Å². The van der Waals surface area contributed by atoms with E-state index in [1.54, 1.807) is 18.5 Å². The van der Waals surface area contributed by atoms with Gasteiger partial charge in [0, 0.05) is 18.0 Å². The number of nitrogens with zero attached hydrogens (tertiary/aromatic N) is 2. The van der Waals surface area contributed by atoms with E-state index in [1.807, 2.05) is 20.8 Å². The van der Waals surface area contributed by atoms with Gasteiger partial charge in [-0.05, 0) is 38.4 Å². The third-order valence-electron chi connectivity index (χ3n) is 1.84. The van der Waals surface area contributed by atoms with Crippen LogP contribution in [0.5, 0.6) is 0 Å². The Bertz CT molecular complexity index is 438. The van der Waals surface area contributed by atoms with Crippen molar-refractivity contribution in [3.05, 3.63) is 29.5 Å². The zero-order valence-corrected chi connectivity index (χ0v) is 12.0. The lowest BCUT2D eigenvalue weighted by Gasteiger charge is -2.19. The van der Waals surface area contributed by atoms with Crippen molar-refractivity contribution < 1.29 is 14.3 Å². The Morgan fingerprint density at radius 1 is 1.37 bits per heavy atom. The Kier molecular flexibility index (Phi) is 5.76. The second-order valence-electron chi connectivity index (χ2n) is 4.80. The van der Waals surface area contributed by atoms with Gasteiger partial charge in [0.25, 0.3) is 0 Å². The Hall–Kier alpha value is -1.62. The minimum Gasteiger partial charge on any atom is -0.501 e. The number of esters is 1. The number of hydrogen-bond acceptors (Lipinski definition) is 5. The van der Waals surface area contributed by atoms with Crippen LogP contribution in [-0.4, -0.2) is 28.1 Å². The van der Waals surface area contributed by atoms with Crippen LogP contribution >= 0.6 is 11.6 Å². The molecule has 6 heteroatoms. The molecule has 1 rings (SSSR count). The van der Waals surface area contributed by atoms with Gasteiger partial charge in [0.1, 0.15) is 5.60 Å². The fraction of sp³-hybridized carbons (Fsp3) is 0.462. The molecule has 5 nitrogen and oxygen atoms in total. The molecule has 0 aromatic carbocycles. The number of halogens is 1. The van der Waals surface area contributed by atoms with Crippen molar-refractivity contribution in [1.29, 1.82) is 0 Å². The highest BCUT2D eigenvalue weighted by molar-refractivity contribution is 6.28. The highest BCUT2D eigenvalue weighted by Crippen LogP contribution is 2.08. The lowest BCUT2D eigenvalue weighted by Crippen LogP contribution is -2.24. The van der Waals surface area contributed by atoms with Crippen molar-refractivity contribution >= 4 is 23.6 Å². The smallest absolute Gasteiger partial charge is 0.309 e.